The molecule has 1 aromatic carbocycles. The number of aromatic nitrogens is 1. The van der Waals surface area contributed by atoms with Crippen LogP contribution in [-0.4, -0.2) is 29.3 Å². The Kier molecular flexibility index (Phi) is 3.99. The number of ether oxygens (including phenoxy) is 1. The van der Waals surface area contributed by atoms with E-state index in [2.05, 4.69) is 26.2 Å². The lowest BCUT2D eigenvalue weighted by Gasteiger charge is -2.06. The van der Waals surface area contributed by atoms with Gasteiger partial charge in [0.05, 0.1) is 12.1 Å². The van der Waals surface area contributed by atoms with E-state index in [-0.39, 0.29) is 13.2 Å². The van der Waals surface area contributed by atoms with Gasteiger partial charge < -0.3 is 15.2 Å². The molecule has 0 aliphatic carbocycles. The Labute approximate surface area is 112 Å². The zero-order valence-electron chi connectivity index (χ0n) is 9.39. The minimum atomic E-state index is -1.06. The van der Waals surface area contributed by atoms with Gasteiger partial charge in [0.2, 0.25) is 5.88 Å². The minimum Gasteiger partial charge on any atom is -0.476 e. The molecule has 0 aliphatic heterocycles. The Hall–Kier alpha value is -1.82. The molecule has 0 aliphatic rings. The van der Waals surface area contributed by atoms with E-state index in [0.717, 1.165) is 15.4 Å². The van der Waals surface area contributed by atoms with Crippen LogP contribution in [0.25, 0.3) is 10.9 Å². The molecule has 0 fully saturated rings. The van der Waals surface area contributed by atoms with E-state index in [1.54, 1.807) is 6.07 Å². The number of hydrogen-bond donors (Lipinski definition) is 2. The van der Waals surface area contributed by atoms with Crippen LogP contribution in [-0.2, 0) is 0 Å². The smallest absolute Gasteiger partial charge is 0.404 e. The lowest BCUT2D eigenvalue weighted by Crippen LogP contribution is -2.26. The summed E-state index contributed by atoms with van der Waals surface area (Å²) in [5, 5.41) is 11.6. The molecule has 2 rings (SSSR count). The average molecular weight is 311 g/mol. The highest BCUT2D eigenvalue weighted by Gasteiger charge is 2.00. The maximum atomic E-state index is 10.2. The fourth-order valence-electron chi connectivity index (χ4n) is 1.47. The second-order valence-electron chi connectivity index (χ2n) is 3.57. The van der Waals surface area contributed by atoms with Gasteiger partial charge in [-0.3, -0.25) is 0 Å². The maximum absolute atomic E-state index is 10.2. The van der Waals surface area contributed by atoms with Crippen molar-refractivity contribution in [3.05, 3.63) is 34.8 Å². The Morgan fingerprint density at radius 3 is 3.00 bits per heavy atom. The Bertz CT molecular complexity index is 574. The lowest BCUT2D eigenvalue weighted by atomic mass is 10.2. The number of pyridine rings is 1. The molecular weight excluding hydrogens is 300 g/mol. The SMILES string of the molecule is O=C(O)NCCOc1ccc2cc(Br)ccc2n1. The zero-order chi connectivity index (χ0) is 13.0. The standard InChI is InChI=1S/C12H11BrN2O3/c13-9-2-3-10-8(7-9)1-4-11(15-10)18-6-5-14-12(16)17/h1-4,7,14H,5-6H2,(H,16,17). The number of halogens is 1. The minimum absolute atomic E-state index is 0.232. The molecule has 18 heavy (non-hydrogen) atoms. The number of rotatable bonds is 4. The number of nitrogens with one attached hydrogen (secondary N) is 1. The maximum Gasteiger partial charge on any atom is 0.404 e. The summed E-state index contributed by atoms with van der Waals surface area (Å²) in [4.78, 5) is 14.5. The predicted octanol–water partition coefficient (Wildman–Crippen LogP) is 2.64. The molecule has 0 atom stereocenters. The number of carbonyl (C=O) groups is 1. The molecule has 0 saturated carbocycles. The summed E-state index contributed by atoms with van der Waals surface area (Å²) in [6.07, 6.45) is -1.06. The van der Waals surface area contributed by atoms with Crippen LogP contribution in [0.15, 0.2) is 34.8 Å². The molecule has 1 amide bonds. The number of hydrogen-bond acceptors (Lipinski definition) is 3. The highest BCUT2D eigenvalue weighted by Crippen LogP contribution is 2.20. The van der Waals surface area contributed by atoms with Gasteiger partial charge in [-0.15, -0.1) is 0 Å². The Morgan fingerprint density at radius 2 is 2.22 bits per heavy atom. The number of amides is 1. The van der Waals surface area contributed by atoms with Crippen LogP contribution in [0.3, 0.4) is 0 Å². The third-order valence-corrected chi connectivity index (χ3v) is 2.75. The van der Waals surface area contributed by atoms with Gasteiger partial charge in [0.25, 0.3) is 0 Å². The Balaban J connectivity index is 2.01. The molecular formula is C12H11BrN2O3. The summed E-state index contributed by atoms with van der Waals surface area (Å²) >= 11 is 3.39. The highest BCUT2D eigenvalue weighted by molar-refractivity contribution is 9.10. The summed E-state index contributed by atoms with van der Waals surface area (Å²) in [6, 6.07) is 9.44. The van der Waals surface area contributed by atoms with Crippen molar-refractivity contribution in [2.75, 3.05) is 13.2 Å². The van der Waals surface area contributed by atoms with Crippen LogP contribution in [0.2, 0.25) is 0 Å². The largest absolute Gasteiger partial charge is 0.476 e. The van der Waals surface area contributed by atoms with Gasteiger partial charge in [-0.1, -0.05) is 15.9 Å². The molecule has 94 valence electrons. The van der Waals surface area contributed by atoms with E-state index in [0.29, 0.717) is 5.88 Å². The summed E-state index contributed by atoms with van der Waals surface area (Å²) in [5.41, 5.74) is 0.835. The topological polar surface area (TPSA) is 71.5 Å². The van der Waals surface area contributed by atoms with Crippen LogP contribution in [0.5, 0.6) is 5.88 Å². The average Bonchev–Trinajstić information content (AvgIpc) is 2.34. The van der Waals surface area contributed by atoms with Crippen molar-refractivity contribution in [1.82, 2.24) is 10.3 Å². The number of fused-ring (bicyclic) bond motifs is 1. The van der Waals surface area contributed by atoms with Gasteiger partial charge in [-0.2, -0.15) is 0 Å². The van der Waals surface area contributed by atoms with Gasteiger partial charge in [0, 0.05) is 15.9 Å². The fourth-order valence-corrected chi connectivity index (χ4v) is 1.85. The van der Waals surface area contributed by atoms with Crippen molar-refractivity contribution in [3.63, 3.8) is 0 Å². The molecule has 0 saturated heterocycles. The summed E-state index contributed by atoms with van der Waals surface area (Å²) < 4.78 is 6.34. The quantitative estimate of drug-likeness (QED) is 0.852. The van der Waals surface area contributed by atoms with E-state index < -0.39 is 6.09 Å². The first-order valence-corrected chi connectivity index (χ1v) is 6.10. The second kappa shape index (κ2) is 5.68. The van der Waals surface area contributed by atoms with Gasteiger partial charge in [-0.25, -0.2) is 9.78 Å². The Morgan fingerprint density at radius 1 is 1.39 bits per heavy atom. The van der Waals surface area contributed by atoms with Crippen molar-refractivity contribution in [2.45, 2.75) is 0 Å². The molecule has 1 heterocycles. The van der Waals surface area contributed by atoms with Crippen molar-refractivity contribution < 1.29 is 14.6 Å². The van der Waals surface area contributed by atoms with E-state index in [1.807, 2.05) is 24.3 Å². The van der Waals surface area contributed by atoms with E-state index >= 15 is 0 Å². The number of nitrogens with zero attached hydrogens (tertiary/aromatic N) is 1. The normalized spacial score (nSPS) is 10.3. The van der Waals surface area contributed by atoms with Crippen molar-refractivity contribution >= 4 is 32.9 Å². The van der Waals surface area contributed by atoms with Crippen molar-refractivity contribution in [2.24, 2.45) is 0 Å². The summed E-state index contributed by atoms with van der Waals surface area (Å²) in [5.74, 6) is 0.483. The summed E-state index contributed by atoms with van der Waals surface area (Å²) in [6.45, 7) is 0.483. The lowest BCUT2D eigenvalue weighted by molar-refractivity contribution is 0.191. The van der Waals surface area contributed by atoms with Crippen LogP contribution in [0.4, 0.5) is 4.79 Å². The molecule has 2 N–H and O–H groups in total. The number of benzene rings is 1. The van der Waals surface area contributed by atoms with Gasteiger partial charge in [0.1, 0.15) is 6.61 Å². The molecule has 6 heteroatoms. The molecule has 0 unspecified atom stereocenters. The van der Waals surface area contributed by atoms with Crippen molar-refractivity contribution in [1.29, 1.82) is 0 Å². The van der Waals surface area contributed by atoms with Crippen LogP contribution >= 0.6 is 15.9 Å². The van der Waals surface area contributed by atoms with Gasteiger partial charge >= 0.3 is 6.09 Å². The first-order valence-electron chi connectivity index (χ1n) is 5.31. The summed E-state index contributed by atoms with van der Waals surface area (Å²) in [7, 11) is 0. The molecule has 0 bridgehead atoms. The zero-order valence-corrected chi connectivity index (χ0v) is 11.0. The molecule has 0 radical (unpaired) electrons. The second-order valence-corrected chi connectivity index (χ2v) is 4.48. The van der Waals surface area contributed by atoms with Gasteiger partial charge in [-0.05, 0) is 24.3 Å². The third-order valence-electron chi connectivity index (χ3n) is 2.25. The van der Waals surface area contributed by atoms with E-state index in [4.69, 9.17) is 9.84 Å². The highest BCUT2D eigenvalue weighted by atomic mass is 79.9. The van der Waals surface area contributed by atoms with Crippen LogP contribution in [0.1, 0.15) is 0 Å². The third kappa shape index (κ3) is 3.33. The van der Waals surface area contributed by atoms with Gasteiger partial charge in [0.15, 0.2) is 0 Å². The molecule has 1 aromatic heterocycles. The van der Waals surface area contributed by atoms with Crippen molar-refractivity contribution in [3.8, 4) is 5.88 Å². The molecule has 0 spiro atoms. The first kappa shape index (κ1) is 12.6. The van der Waals surface area contributed by atoms with Crippen LogP contribution < -0.4 is 10.1 Å². The number of carboxylic acid groups (broad SMARTS) is 1. The van der Waals surface area contributed by atoms with E-state index in [9.17, 15) is 4.79 Å². The van der Waals surface area contributed by atoms with Crippen LogP contribution in [0, 0.1) is 0 Å². The predicted molar refractivity (Wildman–Crippen MR) is 71.0 cm³/mol. The molecule has 2 aromatic rings. The first-order chi connectivity index (χ1) is 8.65. The monoisotopic (exact) mass is 310 g/mol. The fraction of sp³-hybridized carbons (Fsp3) is 0.167. The molecule has 5 nitrogen and oxygen atoms in total. The van der Waals surface area contributed by atoms with E-state index in [1.165, 1.54) is 0 Å².